The normalized spacial score (nSPS) is 20.9. The molecule has 34 heavy (non-hydrogen) atoms. The molecule has 0 saturated carbocycles. The fraction of sp³-hybridized carbons (Fsp3) is 0.400. The molecule has 5 rings (SSSR count). The van der Waals surface area contributed by atoms with Crippen molar-refractivity contribution in [1.29, 1.82) is 0 Å². The summed E-state index contributed by atoms with van der Waals surface area (Å²) in [7, 11) is 1.46. The molecule has 3 aromatic rings. The van der Waals surface area contributed by atoms with E-state index in [1.165, 1.54) is 19.2 Å². The number of carbonyl (C=O) groups is 1. The van der Waals surface area contributed by atoms with Crippen LogP contribution in [0.4, 0.5) is 10.2 Å². The van der Waals surface area contributed by atoms with E-state index in [1.54, 1.807) is 11.8 Å². The van der Waals surface area contributed by atoms with Gasteiger partial charge in [0.05, 0.1) is 33.2 Å². The summed E-state index contributed by atoms with van der Waals surface area (Å²) < 4.78 is 35.1. The Labute approximate surface area is 200 Å². The number of pyridine rings is 2. The van der Waals surface area contributed by atoms with E-state index in [-0.39, 0.29) is 35.2 Å². The number of methoxy groups -OCH3 is 1. The number of nitrogens with zero attached hydrogens (tertiary/aromatic N) is 5. The van der Waals surface area contributed by atoms with Crippen LogP contribution in [-0.4, -0.2) is 56.5 Å². The highest BCUT2D eigenvalue weighted by Gasteiger charge is 2.43. The molecule has 8 nitrogen and oxygen atoms in total. The van der Waals surface area contributed by atoms with Gasteiger partial charge in [0.2, 0.25) is 11.8 Å². The van der Waals surface area contributed by atoms with Gasteiger partial charge in [-0.25, -0.2) is 24.3 Å². The van der Waals surface area contributed by atoms with Gasteiger partial charge in [0.1, 0.15) is 11.6 Å². The van der Waals surface area contributed by atoms with Gasteiger partial charge >= 0.3 is 0 Å². The first-order valence-electron chi connectivity index (χ1n) is 12.3. The molecule has 2 aliphatic rings. The van der Waals surface area contributed by atoms with Crippen LogP contribution in [0.15, 0.2) is 36.7 Å². The number of amides is 1. The van der Waals surface area contributed by atoms with Crippen LogP contribution in [0, 0.1) is 12.7 Å². The highest BCUT2D eigenvalue weighted by atomic mass is 19.1. The lowest BCUT2D eigenvalue weighted by Gasteiger charge is -2.36. The van der Waals surface area contributed by atoms with Gasteiger partial charge in [0.25, 0.3) is 0 Å². The van der Waals surface area contributed by atoms with E-state index in [2.05, 4.69) is 20.3 Å². The topological polar surface area (TPSA) is 93.1 Å². The Hall–Kier alpha value is -3.62. The van der Waals surface area contributed by atoms with E-state index in [4.69, 9.17) is 12.5 Å². The molecule has 9 heteroatoms. The number of carbonyl (C=O) groups excluding carboxylic acids is 1. The van der Waals surface area contributed by atoms with Crippen molar-refractivity contribution in [2.24, 2.45) is 0 Å². The number of aromatic nitrogens is 4. The van der Waals surface area contributed by atoms with Gasteiger partial charge in [-0.15, -0.1) is 0 Å². The summed E-state index contributed by atoms with van der Waals surface area (Å²) in [5, 5.41) is 3.58. The van der Waals surface area contributed by atoms with Gasteiger partial charge in [0, 0.05) is 42.6 Å². The van der Waals surface area contributed by atoms with Crippen LogP contribution in [0.25, 0.3) is 11.4 Å². The maximum Gasteiger partial charge on any atom is 0.230 e. The minimum atomic E-state index is -0.662. The van der Waals surface area contributed by atoms with Crippen LogP contribution >= 0.6 is 0 Å². The van der Waals surface area contributed by atoms with Crippen molar-refractivity contribution < 1.29 is 16.7 Å². The number of nitrogens with one attached hydrogen (secondary N) is 1. The summed E-state index contributed by atoms with van der Waals surface area (Å²) in [4.78, 5) is 32.0. The van der Waals surface area contributed by atoms with E-state index in [9.17, 15) is 9.18 Å². The van der Waals surface area contributed by atoms with Gasteiger partial charge in [-0.2, -0.15) is 0 Å². The van der Waals surface area contributed by atoms with Crippen LogP contribution in [0.2, 0.25) is 0 Å². The SMILES string of the molecule is [2H]c1cc([2H])nc(-c2cc3c(nc2C)N[C@@]2(CC3)CCN(C(=O)[C@H](C)c3cc(OC)ncc3F)C2)n1. The van der Waals surface area contributed by atoms with E-state index < -0.39 is 11.7 Å². The van der Waals surface area contributed by atoms with Crippen molar-refractivity contribution in [2.75, 3.05) is 25.5 Å². The predicted octanol–water partition coefficient (Wildman–Crippen LogP) is 3.52. The molecule has 0 aromatic carbocycles. The largest absolute Gasteiger partial charge is 0.481 e. The number of hydrogen-bond acceptors (Lipinski definition) is 7. The van der Waals surface area contributed by atoms with Gasteiger partial charge < -0.3 is 15.0 Å². The summed E-state index contributed by atoms with van der Waals surface area (Å²) in [6, 6.07) is 4.75. The first kappa shape index (κ1) is 19.8. The zero-order chi connectivity index (χ0) is 25.6. The van der Waals surface area contributed by atoms with Crippen molar-refractivity contribution in [3.63, 3.8) is 0 Å². The quantitative estimate of drug-likeness (QED) is 0.631. The summed E-state index contributed by atoms with van der Waals surface area (Å²) in [6.45, 7) is 4.64. The third kappa shape index (κ3) is 3.95. The number of rotatable bonds is 4. The number of hydrogen-bond donors (Lipinski definition) is 1. The van der Waals surface area contributed by atoms with Crippen molar-refractivity contribution in [1.82, 2.24) is 24.8 Å². The summed E-state index contributed by atoms with van der Waals surface area (Å²) in [5.74, 6) is 0.0442. The number of ether oxygens (including phenoxy) is 1. The Bertz CT molecular complexity index is 1340. The van der Waals surface area contributed by atoms with Crippen LogP contribution in [-0.2, 0) is 11.2 Å². The minimum absolute atomic E-state index is 0.00534. The van der Waals surface area contributed by atoms with Gasteiger partial charge in [-0.1, -0.05) is 0 Å². The molecule has 1 saturated heterocycles. The molecule has 5 heterocycles. The fourth-order valence-corrected chi connectivity index (χ4v) is 4.87. The lowest BCUT2D eigenvalue weighted by Crippen LogP contribution is -2.46. The number of fused-ring (bicyclic) bond motifs is 1. The van der Waals surface area contributed by atoms with E-state index in [0.717, 1.165) is 36.8 Å². The average Bonchev–Trinajstić information content (AvgIpc) is 3.25. The second-order valence-electron chi connectivity index (χ2n) is 8.96. The van der Waals surface area contributed by atoms with E-state index in [1.807, 2.05) is 13.0 Å². The molecule has 1 amide bonds. The average molecular weight is 465 g/mol. The lowest BCUT2D eigenvalue weighted by atomic mass is 9.86. The first-order chi connectivity index (χ1) is 17.2. The molecule has 0 radical (unpaired) electrons. The molecule has 2 atom stereocenters. The van der Waals surface area contributed by atoms with Crippen LogP contribution in [0.1, 0.15) is 45.2 Å². The Morgan fingerprint density at radius 1 is 1.29 bits per heavy atom. The third-order valence-electron chi connectivity index (χ3n) is 6.83. The monoisotopic (exact) mass is 464 g/mol. The molecule has 0 bridgehead atoms. The number of anilines is 1. The highest BCUT2D eigenvalue weighted by Crippen LogP contribution is 2.38. The lowest BCUT2D eigenvalue weighted by molar-refractivity contribution is -0.131. The molecule has 1 N–H and O–H groups in total. The van der Waals surface area contributed by atoms with Crippen molar-refractivity contribution in [3.05, 3.63) is 59.4 Å². The zero-order valence-corrected chi connectivity index (χ0v) is 19.4. The molecule has 0 aliphatic carbocycles. The number of aryl methyl sites for hydroxylation is 2. The Balaban J connectivity index is 1.34. The molecule has 0 unspecified atom stereocenters. The standard InChI is InChI=1S/C25H27FN6O2/c1-15(18-12-21(34-3)29-13-20(18)26)24(33)32-10-7-25(14-32)6-5-17-11-19(16(2)30-22(17)31-25)23-27-8-4-9-28-23/h4,8-9,11-13,15H,5-7,10,14H2,1-3H3,(H,30,31)/t15-,25+/m1/s1/i8D,9D. The molecule has 3 aromatic heterocycles. The summed E-state index contributed by atoms with van der Waals surface area (Å²) >= 11 is 0. The Morgan fingerprint density at radius 3 is 2.85 bits per heavy atom. The smallest absolute Gasteiger partial charge is 0.230 e. The number of halogens is 1. The summed E-state index contributed by atoms with van der Waals surface area (Å²) in [6.07, 6.45) is 3.40. The Morgan fingerprint density at radius 2 is 2.09 bits per heavy atom. The third-order valence-corrected chi connectivity index (χ3v) is 6.83. The minimum Gasteiger partial charge on any atom is -0.481 e. The molecular formula is C25H27FN6O2. The molecular weight excluding hydrogens is 435 g/mol. The van der Waals surface area contributed by atoms with Crippen LogP contribution in [0.3, 0.4) is 0 Å². The van der Waals surface area contributed by atoms with Crippen molar-refractivity contribution in [3.8, 4) is 17.3 Å². The van der Waals surface area contributed by atoms with E-state index >= 15 is 0 Å². The van der Waals surface area contributed by atoms with Crippen molar-refractivity contribution >= 4 is 11.7 Å². The fourth-order valence-electron chi connectivity index (χ4n) is 4.87. The van der Waals surface area contributed by atoms with E-state index in [0.29, 0.717) is 30.2 Å². The van der Waals surface area contributed by atoms with Gasteiger partial charge in [0.15, 0.2) is 5.82 Å². The van der Waals surface area contributed by atoms with Crippen LogP contribution in [0.5, 0.6) is 5.88 Å². The molecule has 176 valence electrons. The summed E-state index contributed by atoms with van der Waals surface area (Å²) in [5.41, 5.74) is 2.39. The van der Waals surface area contributed by atoms with Crippen molar-refractivity contribution in [2.45, 2.75) is 44.6 Å². The molecule has 1 spiro atoms. The maximum atomic E-state index is 14.4. The molecule has 2 aliphatic heterocycles. The maximum absolute atomic E-state index is 14.4. The van der Waals surface area contributed by atoms with Gasteiger partial charge in [-0.3, -0.25) is 4.79 Å². The second-order valence-corrected chi connectivity index (χ2v) is 8.96. The number of likely N-dealkylation sites (tertiary alicyclic amines) is 1. The first-order valence-corrected chi connectivity index (χ1v) is 11.3. The second kappa shape index (κ2) is 8.62. The predicted molar refractivity (Wildman–Crippen MR) is 125 cm³/mol. The highest BCUT2D eigenvalue weighted by molar-refractivity contribution is 5.84. The molecule has 1 fully saturated rings. The Kier molecular flexibility index (Phi) is 5.03. The van der Waals surface area contributed by atoms with Gasteiger partial charge in [-0.05, 0) is 50.8 Å². The van der Waals surface area contributed by atoms with Crippen LogP contribution < -0.4 is 10.1 Å². The zero-order valence-electron chi connectivity index (χ0n) is 21.4.